The summed E-state index contributed by atoms with van der Waals surface area (Å²) < 4.78 is 25.6. The van der Waals surface area contributed by atoms with Crippen LogP contribution in [0.25, 0.3) is 10.9 Å². The number of rotatable bonds is 0. The molecule has 14 heavy (non-hydrogen) atoms. The van der Waals surface area contributed by atoms with E-state index in [1.807, 2.05) is 0 Å². The van der Waals surface area contributed by atoms with Gasteiger partial charge in [0.05, 0.1) is 5.52 Å². The van der Waals surface area contributed by atoms with Crippen molar-refractivity contribution in [3.63, 3.8) is 0 Å². The fourth-order valence-corrected chi connectivity index (χ4v) is 1.51. The van der Waals surface area contributed by atoms with Crippen molar-refractivity contribution in [1.29, 1.82) is 0 Å². The Balaban J connectivity index is 2.89. The minimum atomic E-state index is -0.997. The van der Waals surface area contributed by atoms with Crippen LogP contribution in [-0.4, -0.2) is 9.97 Å². The fraction of sp³-hybridized carbons (Fsp3) is 0. The van der Waals surface area contributed by atoms with Crippen LogP contribution in [0.4, 0.5) is 8.78 Å². The van der Waals surface area contributed by atoms with Gasteiger partial charge in [-0.1, -0.05) is 11.6 Å². The summed E-state index contributed by atoms with van der Waals surface area (Å²) in [5, 5.41) is 0.127. The predicted octanol–water partition coefficient (Wildman–Crippen LogP) is 3.21. The molecule has 0 N–H and O–H groups in total. The van der Waals surface area contributed by atoms with Crippen LogP contribution in [0.2, 0.25) is 10.4 Å². The number of hydrogen-bond acceptors (Lipinski definition) is 2. The van der Waals surface area contributed by atoms with Crippen molar-refractivity contribution in [1.82, 2.24) is 9.97 Å². The maximum atomic E-state index is 12.8. The summed E-state index contributed by atoms with van der Waals surface area (Å²) in [5.41, 5.74) is 0.175. The zero-order valence-electron chi connectivity index (χ0n) is 6.56. The highest BCUT2D eigenvalue weighted by atomic mass is 35.5. The monoisotopic (exact) mass is 234 g/mol. The van der Waals surface area contributed by atoms with Crippen molar-refractivity contribution in [3.05, 3.63) is 34.2 Å². The molecular formula is C8H2Cl2F2N2. The molecule has 1 heterocycles. The van der Waals surface area contributed by atoms with Crippen molar-refractivity contribution in [2.75, 3.05) is 0 Å². The molecule has 0 spiro atoms. The van der Waals surface area contributed by atoms with Crippen molar-refractivity contribution < 1.29 is 8.78 Å². The van der Waals surface area contributed by atoms with Crippen molar-refractivity contribution in [3.8, 4) is 0 Å². The molecule has 0 bridgehead atoms. The quantitative estimate of drug-likeness (QED) is 0.517. The smallest absolute Gasteiger partial charge is 0.218 e. The van der Waals surface area contributed by atoms with Crippen LogP contribution in [0, 0.1) is 11.6 Å². The van der Waals surface area contributed by atoms with E-state index in [0.29, 0.717) is 0 Å². The molecule has 2 aromatic rings. The maximum absolute atomic E-state index is 12.8. The lowest BCUT2D eigenvalue weighted by Gasteiger charge is -2.00. The summed E-state index contributed by atoms with van der Waals surface area (Å²) in [6.45, 7) is 0. The van der Waals surface area contributed by atoms with Gasteiger partial charge >= 0.3 is 0 Å². The summed E-state index contributed by atoms with van der Waals surface area (Å²) >= 11 is 11.2. The SMILES string of the molecule is Fc1cc2nc(Cl)nc(Cl)c2cc1F. The van der Waals surface area contributed by atoms with E-state index in [2.05, 4.69) is 9.97 Å². The van der Waals surface area contributed by atoms with Gasteiger partial charge in [0.25, 0.3) is 0 Å². The molecule has 0 aliphatic carbocycles. The summed E-state index contributed by atoms with van der Waals surface area (Å²) in [6, 6.07) is 1.85. The maximum Gasteiger partial charge on any atom is 0.224 e. The van der Waals surface area contributed by atoms with E-state index >= 15 is 0 Å². The van der Waals surface area contributed by atoms with E-state index in [1.165, 1.54) is 0 Å². The van der Waals surface area contributed by atoms with Crippen molar-refractivity contribution >= 4 is 34.1 Å². The first-order valence-electron chi connectivity index (χ1n) is 3.56. The molecule has 0 fully saturated rings. The molecular weight excluding hydrogens is 233 g/mol. The zero-order valence-corrected chi connectivity index (χ0v) is 8.07. The van der Waals surface area contributed by atoms with Crippen LogP contribution in [0.5, 0.6) is 0 Å². The Morgan fingerprint density at radius 2 is 1.64 bits per heavy atom. The van der Waals surface area contributed by atoms with Crippen LogP contribution < -0.4 is 0 Å². The molecule has 2 rings (SSSR count). The third-order valence-electron chi connectivity index (χ3n) is 1.66. The highest BCUT2D eigenvalue weighted by Gasteiger charge is 2.09. The second-order valence-corrected chi connectivity index (χ2v) is 3.26. The van der Waals surface area contributed by atoms with Gasteiger partial charge in [-0.05, 0) is 17.7 Å². The molecule has 0 saturated carbocycles. The van der Waals surface area contributed by atoms with E-state index in [1.54, 1.807) is 0 Å². The molecule has 0 saturated heterocycles. The van der Waals surface area contributed by atoms with Gasteiger partial charge in [-0.25, -0.2) is 18.7 Å². The third-order valence-corrected chi connectivity index (χ3v) is 2.12. The van der Waals surface area contributed by atoms with Crippen LogP contribution >= 0.6 is 23.2 Å². The van der Waals surface area contributed by atoms with Gasteiger partial charge in [0.1, 0.15) is 5.15 Å². The predicted molar refractivity (Wildman–Crippen MR) is 49.5 cm³/mol. The first-order valence-corrected chi connectivity index (χ1v) is 4.31. The number of hydrogen-bond donors (Lipinski definition) is 0. The summed E-state index contributed by atoms with van der Waals surface area (Å²) in [7, 11) is 0. The molecule has 1 aromatic carbocycles. The van der Waals surface area contributed by atoms with Gasteiger partial charge in [0.15, 0.2) is 11.6 Å². The van der Waals surface area contributed by atoms with Gasteiger partial charge in [-0.15, -0.1) is 0 Å². The summed E-state index contributed by atoms with van der Waals surface area (Å²) in [5.74, 6) is -1.99. The summed E-state index contributed by atoms with van der Waals surface area (Å²) in [4.78, 5) is 7.30. The Morgan fingerprint density at radius 3 is 2.36 bits per heavy atom. The number of aromatic nitrogens is 2. The van der Waals surface area contributed by atoms with Gasteiger partial charge in [-0.3, -0.25) is 0 Å². The minimum absolute atomic E-state index is 0.00102. The Morgan fingerprint density at radius 1 is 1.00 bits per heavy atom. The van der Waals surface area contributed by atoms with Crippen molar-refractivity contribution in [2.45, 2.75) is 0 Å². The molecule has 2 nitrogen and oxygen atoms in total. The molecule has 6 heteroatoms. The molecule has 72 valence electrons. The largest absolute Gasteiger partial charge is 0.224 e. The van der Waals surface area contributed by atoms with E-state index in [9.17, 15) is 8.78 Å². The van der Waals surface area contributed by atoms with E-state index in [-0.39, 0.29) is 21.3 Å². The second kappa shape index (κ2) is 3.29. The fourth-order valence-electron chi connectivity index (χ4n) is 1.06. The van der Waals surface area contributed by atoms with E-state index in [0.717, 1.165) is 12.1 Å². The number of nitrogens with zero attached hydrogens (tertiary/aromatic N) is 2. The lowest BCUT2D eigenvalue weighted by molar-refractivity contribution is 0.510. The first kappa shape index (κ1) is 9.55. The normalized spacial score (nSPS) is 10.9. The standard InChI is InChI=1S/C8H2Cl2F2N2/c9-7-3-1-4(11)5(12)2-6(3)13-8(10)14-7/h1-2H. The molecule has 0 radical (unpaired) electrons. The lowest BCUT2D eigenvalue weighted by Crippen LogP contribution is -1.90. The zero-order chi connectivity index (χ0) is 10.3. The van der Waals surface area contributed by atoms with E-state index < -0.39 is 11.6 Å². The molecule has 0 unspecified atom stereocenters. The van der Waals surface area contributed by atoms with Crippen LogP contribution in [0.3, 0.4) is 0 Å². The Labute approximate surface area is 87.5 Å². The lowest BCUT2D eigenvalue weighted by atomic mass is 10.2. The molecule has 0 atom stereocenters. The topological polar surface area (TPSA) is 25.8 Å². The average molecular weight is 235 g/mol. The van der Waals surface area contributed by atoms with Gasteiger partial charge in [0, 0.05) is 11.5 Å². The molecule has 0 amide bonds. The Kier molecular flexibility index (Phi) is 2.25. The van der Waals surface area contributed by atoms with E-state index in [4.69, 9.17) is 23.2 Å². The van der Waals surface area contributed by atoms with Crippen LogP contribution in [0.15, 0.2) is 12.1 Å². The van der Waals surface area contributed by atoms with Gasteiger partial charge in [-0.2, -0.15) is 0 Å². The van der Waals surface area contributed by atoms with Gasteiger partial charge in [0.2, 0.25) is 5.28 Å². The number of fused-ring (bicyclic) bond motifs is 1. The molecule has 1 aromatic heterocycles. The molecule has 0 aliphatic heterocycles. The number of halogens is 4. The highest BCUT2D eigenvalue weighted by molar-refractivity contribution is 6.35. The second-order valence-electron chi connectivity index (χ2n) is 2.57. The Hall–Kier alpha value is -1.00. The molecule has 0 aliphatic rings. The van der Waals surface area contributed by atoms with Crippen LogP contribution in [0.1, 0.15) is 0 Å². The van der Waals surface area contributed by atoms with Gasteiger partial charge < -0.3 is 0 Å². The first-order chi connectivity index (χ1) is 6.58. The summed E-state index contributed by atoms with van der Waals surface area (Å²) in [6.07, 6.45) is 0. The number of benzene rings is 1. The Bertz CT molecular complexity index is 516. The van der Waals surface area contributed by atoms with Crippen molar-refractivity contribution in [2.24, 2.45) is 0 Å². The third kappa shape index (κ3) is 1.51. The minimum Gasteiger partial charge on any atom is -0.218 e. The van der Waals surface area contributed by atoms with Crippen LogP contribution in [-0.2, 0) is 0 Å². The average Bonchev–Trinajstić information content (AvgIpc) is 2.08. The highest BCUT2D eigenvalue weighted by Crippen LogP contribution is 2.24.